The van der Waals surface area contributed by atoms with Gasteiger partial charge in [0.05, 0.1) is 11.3 Å². The Labute approximate surface area is 139 Å². The van der Waals surface area contributed by atoms with Crippen LogP contribution in [0.15, 0.2) is 41.9 Å². The zero-order valence-corrected chi connectivity index (χ0v) is 14.2. The van der Waals surface area contributed by atoms with Crippen LogP contribution < -0.4 is 4.74 Å². The summed E-state index contributed by atoms with van der Waals surface area (Å²) in [6.45, 7) is 6.06. The van der Waals surface area contributed by atoms with Gasteiger partial charge in [0.15, 0.2) is 0 Å². The van der Waals surface area contributed by atoms with Gasteiger partial charge < -0.3 is 14.2 Å². The van der Waals surface area contributed by atoms with Gasteiger partial charge in [-0.25, -0.2) is 0 Å². The van der Waals surface area contributed by atoms with Crippen molar-refractivity contribution in [2.75, 3.05) is 0 Å². The molecule has 0 unspecified atom stereocenters. The van der Waals surface area contributed by atoms with E-state index in [1.54, 1.807) is 11.3 Å². The molecule has 0 aliphatic heterocycles. The molecule has 0 aliphatic carbocycles. The normalized spacial score (nSPS) is 11.8. The summed E-state index contributed by atoms with van der Waals surface area (Å²) in [5.74, 6) is 0.0100. The fourth-order valence-electron chi connectivity index (χ4n) is 2.48. The minimum absolute atomic E-state index is 0.0291. The van der Waals surface area contributed by atoms with Gasteiger partial charge in [0.25, 0.3) is 0 Å². The molecule has 0 radical (unpaired) electrons. The smallest absolute Gasteiger partial charge is 0.309 e. The highest BCUT2D eigenvalue weighted by molar-refractivity contribution is 7.15. The molecule has 2 heterocycles. The van der Waals surface area contributed by atoms with Crippen LogP contribution in [0.1, 0.15) is 26.5 Å². The van der Waals surface area contributed by atoms with Gasteiger partial charge in [0, 0.05) is 22.8 Å². The minimum atomic E-state index is -0.819. The van der Waals surface area contributed by atoms with Crippen molar-refractivity contribution in [3.8, 4) is 16.9 Å². The number of aliphatic carboxylic acids is 1. The number of ether oxygens (including phenoxy) is 1. The van der Waals surface area contributed by atoms with E-state index in [4.69, 9.17) is 9.84 Å². The summed E-state index contributed by atoms with van der Waals surface area (Å²) in [6.07, 6.45) is 2.02. The number of hydrogen-bond donors (Lipinski definition) is 1. The second-order valence-electron chi connectivity index (χ2n) is 6.48. The number of fused-ring (bicyclic) bond motifs is 1. The second kappa shape index (κ2) is 5.74. The quantitative estimate of drug-likeness (QED) is 0.768. The standard InChI is InChI=1S/C18H19NO3S/c1-18(2,3)22-15-6-4-5-12(7-15)13-8-16-19(10-13)14(11-23-16)9-17(20)21/h4-8,10-11H,9H2,1-3H3,(H,20,21). The monoisotopic (exact) mass is 329 g/mol. The molecular weight excluding hydrogens is 310 g/mol. The fraction of sp³-hybridized carbons (Fsp3) is 0.278. The summed E-state index contributed by atoms with van der Waals surface area (Å²) in [4.78, 5) is 12.0. The molecular formula is C18H19NO3S. The lowest BCUT2D eigenvalue weighted by Gasteiger charge is -2.21. The second-order valence-corrected chi connectivity index (χ2v) is 7.37. The number of benzene rings is 1. The number of nitrogens with zero attached hydrogens (tertiary/aromatic N) is 1. The van der Waals surface area contributed by atoms with Gasteiger partial charge >= 0.3 is 5.97 Å². The van der Waals surface area contributed by atoms with Crippen LogP contribution in [0.3, 0.4) is 0 Å². The topological polar surface area (TPSA) is 50.9 Å². The average molecular weight is 329 g/mol. The number of rotatable bonds is 4. The van der Waals surface area contributed by atoms with Gasteiger partial charge in [-0.15, -0.1) is 11.3 Å². The third-order valence-corrected chi connectivity index (χ3v) is 4.28. The molecule has 2 aromatic heterocycles. The predicted molar refractivity (Wildman–Crippen MR) is 92.4 cm³/mol. The van der Waals surface area contributed by atoms with E-state index in [-0.39, 0.29) is 12.0 Å². The predicted octanol–water partition coefficient (Wildman–Crippen LogP) is 4.47. The highest BCUT2D eigenvalue weighted by Gasteiger charge is 2.14. The van der Waals surface area contributed by atoms with E-state index in [1.165, 1.54) is 0 Å². The van der Waals surface area contributed by atoms with E-state index in [0.29, 0.717) is 0 Å². The molecule has 0 saturated heterocycles. The molecule has 4 nitrogen and oxygen atoms in total. The Kier molecular flexibility index (Phi) is 3.90. The molecule has 0 amide bonds. The number of carboxylic acid groups (broad SMARTS) is 1. The Hall–Kier alpha value is -2.27. The van der Waals surface area contributed by atoms with Crippen LogP contribution in [0.25, 0.3) is 16.0 Å². The fourth-order valence-corrected chi connectivity index (χ4v) is 3.41. The van der Waals surface area contributed by atoms with Gasteiger partial charge in [-0.3, -0.25) is 4.79 Å². The van der Waals surface area contributed by atoms with Gasteiger partial charge in [-0.1, -0.05) is 12.1 Å². The Morgan fingerprint density at radius 3 is 2.74 bits per heavy atom. The summed E-state index contributed by atoms with van der Waals surface area (Å²) < 4.78 is 7.86. The first kappa shape index (κ1) is 15.6. The molecule has 120 valence electrons. The largest absolute Gasteiger partial charge is 0.488 e. The summed E-state index contributed by atoms with van der Waals surface area (Å²) in [5, 5.41) is 10.9. The maximum atomic E-state index is 10.9. The van der Waals surface area contributed by atoms with E-state index in [2.05, 4.69) is 6.07 Å². The van der Waals surface area contributed by atoms with Crippen molar-refractivity contribution < 1.29 is 14.6 Å². The van der Waals surface area contributed by atoms with E-state index in [9.17, 15) is 4.79 Å². The third kappa shape index (κ3) is 3.56. The van der Waals surface area contributed by atoms with Gasteiger partial charge in [-0.05, 0) is 44.5 Å². The van der Waals surface area contributed by atoms with Crippen molar-refractivity contribution >= 4 is 22.1 Å². The van der Waals surface area contributed by atoms with Crippen LogP contribution >= 0.6 is 11.3 Å². The van der Waals surface area contributed by atoms with Crippen LogP contribution in [0.4, 0.5) is 0 Å². The van der Waals surface area contributed by atoms with Crippen molar-refractivity contribution in [2.45, 2.75) is 32.8 Å². The summed E-state index contributed by atoms with van der Waals surface area (Å²) in [5.41, 5.74) is 2.67. The Morgan fingerprint density at radius 1 is 1.26 bits per heavy atom. The van der Waals surface area contributed by atoms with E-state index >= 15 is 0 Å². The van der Waals surface area contributed by atoms with Crippen molar-refractivity contribution in [1.82, 2.24) is 4.40 Å². The van der Waals surface area contributed by atoms with Gasteiger partial charge in [0.2, 0.25) is 0 Å². The highest BCUT2D eigenvalue weighted by atomic mass is 32.1. The Bertz CT molecular complexity index is 855. The number of carboxylic acids is 1. The molecule has 0 spiro atoms. The maximum Gasteiger partial charge on any atom is 0.309 e. The third-order valence-electron chi connectivity index (χ3n) is 3.33. The first-order valence-electron chi connectivity index (χ1n) is 7.41. The summed E-state index contributed by atoms with van der Waals surface area (Å²) in [7, 11) is 0. The van der Waals surface area contributed by atoms with E-state index in [0.717, 1.165) is 27.4 Å². The first-order valence-corrected chi connectivity index (χ1v) is 8.29. The van der Waals surface area contributed by atoms with Crippen molar-refractivity contribution in [3.63, 3.8) is 0 Å². The summed E-state index contributed by atoms with van der Waals surface area (Å²) in [6, 6.07) is 10.0. The Balaban J connectivity index is 1.95. The Morgan fingerprint density at radius 2 is 2.04 bits per heavy atom. The van der Waals surface area contributed by atoms with Crippen LogP contribution in [-0.4, -0.2) is 21.1 Å². The van der Waals surface area contributed by atoms with Crippen LogP contribution in [0, 0.1) is 0 Å². The summed E-state index contributed by atoms with van der Waals surface area (Å²) >= 11 is 1.55. The molecule has 0 fully saturated rings. The van der Waals surface area contributed by atoms with Crippen molar-refractivity contribution in [2.24, 2.45) is 0 Å². The molecule has 3 rings (SSSR count). The molecule has 0 aliphatic rings. The molecule has 1 aromatic carbocycles. The average Bonchev–Trinajstić information content (AvgIpc) is 2.99. The zero-order chi connectivity index (χ0) is 16.6. The van der Waals surface area contributed by atoms with Crippen LogP contribution in [-0.2, 0) is 11.2 Å². The van der Waals surface area contributed by atoms with Gasteiger partial charge in [-0.2, -0.15) is 0 Å². The van der Waals surface area contributed by atoms with Crippen molar-refractivity contribution in [3.05, 3.63) is 47.6 Å². The molecule has 5 heteroatoms. The van der Waals surface area contributed by atoms with Crippen LogP contribution in [0.5, 0.6) is 5.75 Å². The molecule has 0 bridgehead atoms. The molecule has 0 atom stereocenters. The van der Waals surface area contributed by atoms with Crippen LogP contribution in [0.2, 0.25) is 0 Å². The molecule has 0 saturated carbocycles. The molecule has 3 aromatic rings. The number of thiazole rings is 1. The maximum absolute atomic E-state index is 10.9. The number of carbonyl (C=O) groups is 1. The van der Waals surface area contributed by atoms with Gasteiger partial charge in [0.1, 0.15) is 11.4 Å². The lowest BCUT2D eigenvalue weighted by molar-refractivity contribution is -0.136. The molecule has 23 heavy (non-hydrogen) atoms. The van der Waals surface area contributed by atoms with Crippen molar-refractivity contribution in [1.29, 1.82) is 0 Å². The lowest BCUT2D eigenvalue weighted by Crippen LogP contribution is -2.22. The first-order chi connectivity index (χ1) is 10.8. The highest BCUT2D eigenvalue weighted by Crippen LogP contribution is 2.30. The number of hydrogen-bond acceptors (Lipinski definition) is 3. The number of aromatic nitrogens is 1. The lowest BCUT2D eigenvalue weighted by atomic mass is 10.1. The molecule has 1 N–H and O–H groups in total. The van der Waals surface area contributed by atoms with E-state index < -0.39 is 5.97 Å². The SMILES string of the molecule is CC(C)(C)Oc1cccc(-c2cc3scc(CC(=O)O)n3c2)c1. The minimum Gasteiger partial charge on any atom is -0.488 e. The van der Waals surface area contributed by atoms with E-state index in [1.807, 2.05) is 61.0 Å². The zero-order valence-electron chi connectivity index (χ0n) is 13.4.